The molecular weight excluding hydrogens is 593 g/mol. The zero-order chi connectivity index (χ0) is 31.9. The van der Waals surface area contributed by atoms with Crippen molar-refractivity contribution in [2.75, 3.05) is 5.32 Å². The third-order valence-electron chi connectivity index (χ3n) is 8.24. The van der Waals surface area contributed by atoms with E-state index in [4.69, 9.17) is 0 Å². The van der Waals surface area contributed by atoms with Crippen LogP contribution in [-0.2, 0) is 0 Å². The Morgan fingerprint density at radius 2 is 1.86 bits per heavy atom. The fourth-order valence-electron chi connectivity index (χ4n) is 5.33. The molecule has 3 N–H and O–H groups in total. The SMILES string of the molecule is CCCC1CCC(C)N1C(=O)c1nc(C(=O)N[C@H](C)C(C)(C)O)sc1-c1cnc(NC(C2CC2)C(F)(F)F)cc1C(F)F. The normalized spacial score (nSPS) is 20.8. The van der Waals surface area contributed by atoms with Crippen molar-refractivity contribution in [2.24, 2.45) is 5.92 Å². The van der Waals surface area contributed by atoms with Crippen LogP contribution in [0.3, 0.4) is 0 Å². The van der Waals surface area contributed by atoms with Gasteiger partial charge in [0, 0.05) is 29.4 Å². The molecule has 3 heterocycles. The van der Waals surface area contributed by atoms with Gasteiger partial charge >= 0.3 is 6.18 Å². The number of hydrogen-bond donors (Lipinski definition) is 3. The molecule has 1 aliphatic carbocycles. The number of pyridine rings is 1. The monoisotopic (exact) mass is 631 g/mol. The van der Waals surface area contributed by atoms with Crippen LogP contribution in [0.4, 0.5) is 27.8 Å². The molecule has 43 heavy (non-hydrogen) atoms. The average molecular weight is 632 g/mol. The van der Waals surface area contributed by atoms with Crippen molar-refractivity contribution in [2.45, 2.75) is 116 Å². The summed E-state index contributed by atoms with van der Waals surface area (Å²) < 4.78 is 69.8. The molecular formula is C29H38F5N5O3S. The molecule has 0 aromatic carbocycles. The van der Waals surface area contributed by atoms with Crippen molar-refractivity contribution in [3.8, 4) is 10.4 Å². The molecule has 3 unspecified atom stereocenters. The van der Waals surface area contributed by atoms with E-state index in [-0.39, 0.29) is 39.0 Å². The standard InChI is InChI=1S/C29H38F5N5O3S/c1-6-7-17-11-8-14(2)39(17)27(41)21-22(43-26(38-21)25(40)36-15(3)28(4,5)42)19-13-35-20(12-18(19)24(30)31)37-23(16-9-10-16)29(32,33)34/h12-17,23-24,42H,6-11H2,1-5H3,(H,35,37)(H,36,40)/t14?,15-,17?,23?/m1/s1. The number of carbonyl (C=O) groups excluding carboxylic acids is 2. The molecule has 1 saturated heterocycles. The second-order valence-electron chi connectivity index (χ2n) is 12.1. The van der Waals surface area contributed by atoms with Crippen LogP contribution in [0.5, 0.6) is 0 Å². The highest BCUT2D eigenvalue weighted by Gasteiger charge is 2.49. The van der Waals surface area contributed by atoms with Gasteiger partial charge in [-0.3, -0.25) is 9.59 Å². The third-order valence-corrected chi connectivity index (χ3v) is 9.33. The zero-order valence-corrected chi connectivity index (χ0v) is 25.6. The van der Waals surface area contributed by atoms with Gasteiger partial charge in [-0.2, -0.15) is 13.2 Å². The highest BCUT2D eigenvalue weighted by molar-refractivity contribution is 7.17. The first-order chi connectivity index (χ1) is 20.0. The van der Waals surface area contributed by atoms with Gasteiger partial charge in [-0.05, 0) is 71.8 Å². The van der Waals surface area contributed by atoms with E-state index in [1.807, 2.05) is 13.8 Å². The van der Waals surface area contributed by atoms with Crippen LogP contribution in [0.2, 0.25) is 0 Å². The Balaban J connectivity index is 1.78. The van der Waals surface area contributed by atoms with Crippen LogP contribution in [0.1, 0.15) is 105 Å². The minimum Gasteiger partial charge on any atom is -0.388 e. The summed E-state index contributed by atoms with van der Waals surface area (Å²) in [5.41, 5.74) is -2.30. The predicted octanol–water partition coefficient (Wildman–Crippen LogP) is 6.58. The van der Waals surface area contributed by atoms with E-state index >= 15 is 0 Å². The van der Waals surface area contributed by atoms with Crippen molar-refractivity contribution in [3.05, 3.63) is 28.5 Å². The van der Waals surface area contributed by atoms with E-state index in [1.54, 1.807) is 11.8 Å². The highest BCUT2D eigenvalue weighted by atomic mass is 32.1. The van der Waals surface area contributed by atoms with Crippen LogP contribution in [-0.4, -0.2) is 67.7 Å². The lowest BCUT2D eigenvalue weighted by Crippen LogP contribution is -2.47. The van der Waals surface area contributed by atoms with Gasteiger partial charge in [0.1, 0.15) is 17.6 Å². The Labute approximate surface area is 251 Å². The van der Waals surface area contributed by atoms with Gasteiger partial charge in [0.2, 0.25) is 0 Å². The third kappa shape index (κ3) is 7.44. The Morgan fingerprint density at radius 1 is 1.19 bits per heavy atom. The van der Waals surface area contributed by atoms with Crippen LogP contribution in [0.25, 0.3) is 10.4 Å². The Hall–Kier alpha value is -2.87. The van der Waals surface area contributed by atoms with Crippen LogP contribution >= 0.6 is 11.3 Å². The second-order valence-corrected chi connectivity index (χ2v) is 13.1. The zero-order valence-electron chi connectivity index (χ0n) is 24.8. The maximum absolute atomic E-state index is 14.5. The number of nitrogens with zero attached hydrogens (tertiary/aromatic N) is 3. The van der Waals surface area contributed by atoms with Gasteiger partial charge in [0.05, 0.1) is 16.5 Å². The minimum absolute atomic E-state index is 0.0238. The van der Waals surface area contributed by atoms with Gasteiger partial charge in [-0.15, -0.1) is 11.3 Å². The van der Waals surface area contributed by atoms with Crippen molar-refractivity contribution in [1.29, 1.82) is 0 Å². The van der Waals surface area contributed by atoms with E-state index in [2.05, 4.69) is 20.6 Å². The Kier molecular flexibility index (Phi) is 9.70. The summed E-state index contributed by atoms with van der Waals surface area (Å²) in [6.45, 7) is 8.48. The smallest absolute Gasteiger partial charge is 0.388 e. The molecule has 0 bridgehead atoms. The number of amides is 2. The lowest BCUT2D eigenvalue weighted by atomic mass is 10.0. The minimum atomic E-state index is -4.59. The number of alkyl halides is 5. The molecule has 2 fully saturated rings. The summed E-state index contributed by atoms with van der Waals surface area (Å²) in [5.74, 6) is -2.24. The van der Waals surface area contributed by atoms with Gasteiger partial charge in [-0.25, -0.2) is 18.7 Å². The number of anilines is 1. The number of carbonyl (C=O) groups is 2. The number of hydrogen-bond acceptors (Lipinski definition) is 7. The fraction of sp³-hybridized carbons (Fsp3) is 0.655. The molecule has 2 aliphatic rings. The van der Waals surface area contributed by atoms with E-state index < -0.39 is 53.6 Å². The largest absolute Gasteiger partial charge is 0.408 e. The number of halogens is 5. The van der Waals surface area contributed by atoms with Crippen molar-refractivity contribution in [3.63, 3.8) is 0 Å². The number of thiazole rings is 1. The first kappa shape index (κ1) is 33.0. The molecule has 4 rings (SSSR count). The Morgan fingerprint density at radius 3 is 2.42 bits per heavy atom. The molecule has 0 radical (unpaired) electrons. The highest BCUT2D eigenvalue weighted by Crippen LogP contribution is 2.43. The van der Waals surface area contributed by atoms with Gasteiger partial charge in [0.15, 0.2) is 5.01 Å². The van der Waals surface area contributed by atoms with Crippen molar-refractivity contribution >= 4 is 29.0 Å². The van der Waals surface area contributed by atoms with Gasteiger partial charge < -0.3 is 20.6 Å². The Bertz CT molecular complexity index is 1320. The summed E-state index contributed by atoms with van der Waals surface area (Å²) in [7, 11) is 0. The molecule has 2 aromatic heterocycles. The van der Waals surface area contributed by atoms with Crippen molar-refractivity contribution in [1.82, 2.24) is 20.2 Å². The maximum Gasteiger partial charge on any atom is 0.408 e. The first-order valence-corrected chi connectivity index (χ1v) is 15.3. The number of likely N-dealkylation sites (tertiary alicyclic amines) is 1. The molecule has 238 valence electrons. The average Bonchev–Trinajstić information content (AvgIpc) is 3.54. The molecule has 4 atom stereocenters. The van der Waals surface area contributed by atoms with Gasteiger partial charge in [-0.1, -0.05) is 13.3 Å². The van der Waals surface area contributed by atoms with E-state index in [0.717, 1.165) is 49.3 Å². The molecule has 2 amide bonds. The maximum atomic E-state index is 14.5. The summed E-state index contributed by atoms with van der Waals surface area (Å²) in [5, 5.41) is 15.0. The molecule has 0 spiro atoms. The van der Waals surface area contributed by atoms with Gasteiger partial charge in [0.25, 0.3) is 18.2 Å². The predicted molar refractivity (Wildman–Crippen MR) is 153 cm³/mol. The molecule has 2 aromatic rings. The van der Waals surface area contributed by atoms with E-state index in [9.17, 15) is 36.6 Å². The van der Waals surface area contributed by atoms with Crippen LogP contribution < -0.4 is 10.6 Å². The quantitative estimate of drug-likeness (QED) is 0.242. The van der Waals surface area contributed by atoms with E-state index in [1.165, 1.54) is 13.8 Å². The molecule has 1 aliphatic heterocycles. The summed E-state index contributed by atoms with van der Waals surface area (Å²) >= 11 is 0.721. The summed E-state index contributed by atoms with van der Waals surface area (Å²) in [6.07, 6.45) is -2.90. The number of nitrogens with one attached hydrogen (secondary N) is 2. The summed E-state index contributed by atoms with van der Waals surface area (Å²) in [4.78, 5) is 37.2. The lowest BCUT2D eigenvalue weighted by Gasteiger charge is -2.28. The first-order valence-electron chi connectivity index (χ1n) is 14.5. The van der Waals surface area contributed by atoms with Crippen LogP contribution in [0, 0.1) is 5.92 Å². The molecule has 14 heteroatoms. The number of rotatable bonds is 11. The fourth-order valence-corrected chi connectivity index (χ4v) is 6.32. The van der Waals surface area contributed by atoms with Crippen molar-refractivity contribution < 1.29 is 36.6 Å². The molecule has 1 saturated carbocycles. The topological polar surface area (TPSA) is 107 Å². The second kappa shape index (κ2) is 12.6. The molecule has 8 nitrogen and oxygen atoms in total. The van der Waals surface area contributed by atoms with E-state index in [0.29, 0.717) is 12.8 Å². The summed E-state index contributed by atoms with van der Waals surface area (Å²) in [6, 6.07) is -2.00. The lowest BCUT2D eigenvalue weighted by molar-refractivity contribution is -0.146. The number of aliphatic hydroxyl groups is 1. The van der Waals surface area contributed by atoms with Crippen LogP contribution in [0.15, 0.2) is 12.3 Å². The number of aromatic nitrogens is 2.